The molecular formula is C15H28N2O. The minimum atomic E-state index is 0.286. The van der Waals surface area contributed by atoms with Crippen LogP contribution in [-0.4, -0.2) is 48.3 Å². The van der Waals surface area contributed by atoms with E-state index in [4.69, 9.17) is 4.74 Å². The molecule has 0 aromatic carbocycles. The molecule has 3 aliphatic rings. The molecule has 2 bridgehead atoms. The van der Waals surface area contributed by atoms with Gasteiger partial charge in [0.25, 0.3) is 0 Å². The fraction of sp³-hybridized carbons (Fsp3) is 1.00. The summed E-state index contributed by atoms with van der Waals surface area (Å²) >= 11 is 0. The number of ether oxygens (including phenoxy) is 1. The molecule has 3 heterocycles. The molecule has 3 heteroatoms. The lowest BCUT2D eigenvalue weighted by molar-refractivity contribution is -0.0797. The number of piperidine rings is 2. The molecule has 104 valence electrons. The molecule has 0 aromatic heterocycles. The van der Waals surface area contributed by atoms with Gasteiger partial charge in [0.1, 0.15) is 0 Å². The van der Waals surface area contributed by atoms with Gasteiger partial charge in [-0.15, -0.1) is 0 Å². The minimum Gasteiger partial charge on any atom is -0.377 e. The maximum atomic E-state index is 5.88. The molecule has 0 aliphatic carbocycles. The first-order valence-electron chi connectivity index (χ1n) is 7.72. The van der Waals surface area contributed by atoms with Crippen molar-refractivity contribution in [3.05, 3.63) is 0 Å². The highest BCUT2D eigenvalue weighted by Gasteiger charge is 2.51. The molecule has 0 aromatic rings. The molecule has 0 saturated carbocycles. The number of nitrogens with one attached hydrogen (secondary N) is 1. The second-order valence-electron chi connectivity index (χ2n) is 6.72. The molecule has 3 aliphatic heterocycles. The molecule has 3 rings (SSSR count). The van der Waals surface area contributed by atoms with E-state index in [1.165, 1.54) is 38.5 Å². The summed E-state index contributed by atoms with van der Waals surface area (Å²) in [6.07, 6.45) is 8.46. The zero-order chi connectivity index (χ0) is 12.8. The van der Waals surface area contributed by atoms with E-state index in [1.807, 2.05) is 0 Å². The Bertz CT molecular complexity index is 295. The maximum Gasteiger partial charge on any atom is 0.0729 e. The number of fused-ring (bicyclic) bond motifs is 2. The Hall–Kier alpha value is -0.120. The standard InChI is InChI=1S/C15H28N2O/c1-11-15(2,7-8-18-11)17-13-5-4-6-14(17)10-12(9-13)16-3/h11-14,16H,4-10H2,1-3H3. The summed E-state index contributed by atoms with van der Waals surface area (Å²) in [5.41, 5.74) is 0.286. The third kappa shape index (κ3) is 1.91. The van der Waals surface area contributed by atoms with Gasteiger partial charge in [-0.1, -0.05) is 6.42 Å². The van der Waals surface area contributed by atoms with Gasteiger partial charge in [0, 0.05) is 30.3 Å². The van der Waals surface area contributed by atoms with E-state index in [1.54, 1.807) is 0 Å². The number of nitrogens with zero attached hydrogens (tertiary/aromatic N) is 1. The summed E-state index contributed by atoms with van der Waals surface area (Å²) in [6.45, 7) is 5.66. The van der Waals surface area contributed by atoms with Crippen LogP contribution in [0.25, 0.3) is 0 Å². The number of hydrogen-bond acceptors (Lipinski definition) is 3. The molecule has 0 amide bonds. The zero-order valence-corrected chi connectivity index (χ0v) is 12.1. The van der Waals surface area contributed by atoms with Crippen molar-refractivity contribution < 1.29 is 4.74 Å². The van der Waals surface area contributed by atoms with Crippen molar-refractivity contribution in [3.63, 3.8) is 0 Å². The maximum absolute atomic E-state index is 5.88. The summed E-state index contributed by atoms with van der Waals surface area (Å²) < 4.78 is 5.88. The molecule has 3 saturated heterocycles. The van der Waals surface area contributed by atoms with Crippen molar-refractivity contribution in [2.24, 2.45) is 0 Å². The van der Waals surface area contributed by atoms with Crippen LogP contribution in [0.5, 0.6) is 0 Å². The normalized spacial score (nSPS) is 49.5. The van der Waals surface area contributed by atoms with Gasteiger partial charge in [-0.2, -0.15) is 0 Å². The van der Waals surface area contributed by atoms with Gasteiger partial charge in [0.05, 0.1) is 6.10 Å². The van der Waals surface area contributed by atoms with Crippen molar-refractivity contribution in [2.75, 3.05) is 13.7 Å². The van der Waals surface area contributed by atoms with Crippen LogP contribution in [0.2, 0.25) is 0 Å². The topological polar surface area (TPSA) is 24.5 Å². The molecule has 0 radical (unpaired) electrons. The third-order valence-electron chi connectivity index (χ3n) is 5.82. The van der Waals surface area contributed by atoms with E-state index in [-0.39, 0.29) is 5.54 Å². The second kappa shape index (κ2) is 4.77. The average Bonchev–Trinajstić information content (AvgIpc) is 2.69. The van der Waals surface area contributed by atoms with Gasteiger partial charge >= 0.3 is 0 Å². The molecular weight excluding hydrogens is 224 g/mol. The van der Waals surface area contributed by atoms with Gasteiger partial charge in [0.2, 0.25) is 0 Å². The second-order valence-corrected chi connectivity index (χ2v) is 6.72. The van der Waals surface area contributed by atoms with Crippen LogP contribution in [0, 0.1) is 0 Å². The lowest BCUT2D eigenvalue weighted by Crippen LogP contribution is -2.65. The highest BCUT2D eigenvalue weighted by Crippen LogP contribution is 2.43. The van der Waals surface area contributed by atoms with E-state index >= 15 is 0 Å². The summed E-state index contributed by atoms with van der Waals surface area (Å²) in [6, 6.07) is 2.30. The number of rotatable bonds is 2. The van der Waals surface area contributed by atoms with Crippen LogP contribution in [-0.2, 0) is 4.74 Å². The average molecular weight is 252 g/mol. The first-order valence-corrected chi connectivity index (χ1v) is 7.72. The Kier molecular flexibility index (Phi) is 3.41. The fourth-order valence-corrected chi connectivity index (χ4v) is 4.62. The molecule has 0 spiro atoms. The molecule has 4 atom stereocenters. The van der Waals surface area contributed by atoms with E-state index in [2.05, 4.69) is 31.1 Å². The summed E-state index contributed by atoms with van der Waals surface area (Å²) in [5, 5.41) is 3.51. The van der Waals surface area contributed by atoms with Crippen LogP contribution in [0.15, 0.2) is 0 Å². The Morgan fingerprint density at radius 2 is 1.89 bits per heavy atom. The smallest absolute Gasteiger partial charge is 0.0729 e. The van der Waals surface area contributed by atoms with Crippen LogP contribution >= 0.6 is 0 Å². The largest absolute Gasteiger partial charge is 0.377 e. The summed E-state index contributed by atoms with van der Waals surface area (Å²) in [5.74, 6) is 0. The van der Waals surface area contributed by atoms with Crippen LogP contribution in [0.4, 0.5) is 0 Å². The molecule has 18 heavy (non-hydrogen) atoms. The summed E-state index contributed by atoms with van der Waals surface area (Å²) in [7, 11) is 2.12. The Morgan fingerprint density at radius 1 is 1.22 bits per heavy atom. The van der Waals surface area contributed by atoms with E-state index in [0.29, 0.717) is 6.10 Å². The van der Waals surface area contributed by atoms with E-state index < -0.39 is 0 Å². The van der Waals surface area contributed by atoms with Crippen LogP contribution < -0.4 is 5.32 Å². The van der Waals surface area contributed by atoms with Crippen molar-refractivity contribution >= 4 is 0 Å². The Morgan fingerprint density at radius 3 is 2.39 bits per heavy atom. The van der Waals surface area contributed by atoms with Crippen LogP contribution in [0.3, 0.4) is 0 Å². The Labute approximate surface area is 111 Å². The lowest BCUT2D eigenvalue weighted by atomic mass is 9.76. The van der Waals surface area contributed by atoms with Crippen molar-refractivity contribution in [2.45, 2.75) is 82.1 Å². The van der Waals surface area contributed by atoms with Gasteiger partial charge < -0.3 is 10.1 Å². The first-order chi connectivity index (χ1) is 8.65. The minimum absolute atomic E-state index is 0.286. The van der Waals surface area contributed by atoms with Crippen molar-refractivity contribution in [1.29, 1.82) is 0 Å². The molecule has 1 N–H and O–H groups in total. The predicted octanol–water partition coefficient (Wildman–Crippen LogP) is 2.16. The van der Waals surface area contributed by atoms with Crippen molar-refractivity contribution in [3.8, 4) is 0 Å². The highest BCUT2D eigenvalue weighted by molar-refractivity contribution is 5.06. The highest BCUT2D eigenvalue weighted by atomic mass is 16.5. The Balaban J connectivity index is 1.83. The molecule has 3 nitrogen and oxygen atoms in total. The predicted molar refractivity (Wildman–Crippen MR) is 73.8 cm³/mol. The van der Waals surface area contributed by atoms with Crippen molar-refractivity contribution in [1.82, 2.24) is 10.2 Å². The van der Waals surface area contributed by atoms with Gasteiger partial charge in [-0.25, -0.2) is 0 Å². The molecule has 4 unspecified atom stereocenters. The third-order valence-corrected chi connectivity index (χ3v) is 5.82. The zero-order valence-electron chi connectivity index (χ0n) is 12.1. The van der Waals surface area contributed by atoms with Gasteiger partial charge in [0.15, 0.2) is 0 Å². The van der Waals surface area contributed by atoms with Gasteiger partial charge in [-0.05, 0) is 53.0 Å². The first kappa shape index (κ1) is 12.9. The van der Waals surface area contributed by atoms with Gasteiger partial charge in [-0.3, -0.25) is 4.90 Å². The monoisotopic (exact) mass is 252 g/mol. The SMILES string of the molecule is CNC1CC2CCCC(C1)N2C1(C)CCOC1C. The van der Waals surface area contributed by atoms with Crippen LogP contribution in [0.1, 0.15) is 52.4 Å². The fourth-order valence-electron chi connectivity index (χ4n) is 4.62. The lowest BCUT2D eigenvalue weighted by Gasteiger charge is -2.56. The van der Waals surface area contributed by atoms with E-state index in [9.17, 15) is 0 Å². The number of hydrogen-bond donors (Lipinski definition) is 1. The van der Waals surface area contributed by atoms with E-state index in [0.717, 1.165) is 24.7 Å². The quantitative estimate of drug-likeness (QED) is 0.815. The molecule has 3 fully saturated rings. The summed E-state index contributed by atoms with van der Waals surface area (Å²) in [4.78, 5) is 2.86.